The fraction of sp³-hybridized carbons (Fsp3) is 0.636. The minimum absolute atomic E-state index is 0.0120. The summed E-state index contributed by atoms with van der Waals surface area (Å²) in [5, 5.41) is 0. The molecule has 1 unspecified atom stereocenters. The molecule has 0 aromatic heterocycles. The SMILES string of the molecule is CC1CN(C(=O)c2ccccc2)CC2(CCN(CC(=O)N3CCOCC3)CC2)O1. The second-order valence-corrected chi connectivity index (χ2v) is 8.43. The molecule has 7 nitrogen and oxygen atoms in total. The van der Waals surface area contributed by atoms with E-state index in [1.807, 2.05) is 47.1 Å². The zero-order valence-electron chi connectivity index (χ0n) is 17.2. The number of piperidine rings is 1. The topological polar surface area (TPSA) is 62.3 Å². The Balaban J connectivity index is 1.34. The third-order valence-electron chi connectivity index (χ3n) is 6.21. The van der Waals surface area contributed by atoms with Gasteiger partial charge in [-0.05, 0) is 31.9 Å². The standard InChI is InChI=1S/C22H31N3O4/c1-18-15-25(21(27)19-5-3-2-4-6-19)17-22(29-18)7-9-23(10-8-22)16-20(26)24-11-13-28-14-12-24/h2-6,18H,7-17H2,1H3. The minimum Gasteiger partial charge on any atom is -0.378 e. The van der Waals surface area contributed by atoms with Crippen molar-refractivity contribution in [1.82, 2.24) is 14.7 Å². The van der Waals surface area contributed by atoms with Crippen molar-refractivity contribution < 1.29 is 19.1 Å². The molecule has 4 rings (SSSR count). The van der Waals surface area contributed by atoms with Crippen LogP contribution in [-0.2, 0) is 14.3 Å². The number of carbonyl (C=O) groups excluding carboxylic acids is 2. The molecular formula is C22H31N3O4. The summed E-state index contributed by atoms with van der Waals surface area (Å²) in [6.45, 7) is 8.01. The van der Waals surface area contributed by atoms with Gasteiger partial charge in [0, 0.05) is 38.3 Å². The van der Waals surface area contributed by atoms with Gasteiger partial charge < -0.3 is 19.3 Å². The Bertz CT molecular complexity index is 712. The van der Waals surface area contributed by atoms with Crippen LogP contribution in [0.4, 0.5) is 0 Å². The van der Waals surface area contributed by atoms with Gasteiger partial charge in [-0.1, -0.05) is 18.2 Å². The van der Waals surface area contributed by atoms with Crippen molar-refractivity contribution in [2.75, 3.05) is 59.0 Å². The average molecular weight is 402 g/mol. The Morgan fingerprint density at radius 2 is 1.72 bits per heavy atom. The van der Waals surface area contributed by atoms with Gasteiger partial charge in [0.05, 0.1) is 38.0 Å². The number of amides is 2. The third kappa shape index (κ3) is 4.79. The highest BCUT2D eigenvalue weighted by Crippen LogP contribution is 2.33. The predicted molar refractivity (Wildman–Crippen MR) is 109 cm³/mol. The number of ether oxygens (including phenoxy) is 2. The van der Waals surface area contributed by atoms with E-state index in [1.54, 1.807) is 0 Å². The molecule has 0 radical (unpaired) electrons. The number of benzene rings is 1. The molecule has 3 heterocycles. The molecule has 1 atom stereocenters. The van der Waals surface area contributed by atoms with Crippen LogP contribution in [0.2, 0.25) is 0 Å². The Morgan fingerprint density at radius 3 is 2.41 bits per heavy atom. The van der Waals surface area contributed by atoms with E-state index in [2.05, 4.69) is 4.90 Å². The van der Waals surface area contributed by atoms with E-state index in [0.29, 0.717) is 45.9 Å². The second kappa shape index (κ2) is 8.81. The van der Waals surface area contributed by atoms with Gasteiger partial charge in [0.2, 0.25) is 5.91 Å². The second-order valence-electron chi connectivity index (χ2n) is 8.43. The van der Waals surface area contributed by atoms with E-state index >= 15 is 0 Å². The predicted octanol–water partition coefficient (Wildman–Crippen LogP) is 1.24. The van der Waals surface area contributed by atoms with Crippen LogP contribution in [0.5, 0.6) is 0 Å². The summed E-state index contributed by atoms with van der Waals surface area (Å²) in [7, 11) is 0. The monoisotopic (exact) mass is 401 g/mol. The summed E-state index contributed by atoms with van der Waals surface area (Å²) in [4.78, 5) is 31.5. The van der Waals surface area contributed by atoms with Crippen molar-refractivity contribution in [2.45, 2.75) is 31.5 Å². The van der Waals surface area contributed by atoms with Crippen LogP contribution in [-0.4, -0.2) is 97.2 Å². The van der Waals surface area contributed by atoms with Gasteiger partial charge in [0.25, 0.3) is 5.91 Å². The van der Waals surface area contributed by atoms with Gasteiger partial charge in [-0.3, -0.25) is 14.5 Å². The lowest BCUT2D eigenvalue weighted by Gasteiger charge is -2.49. The van der Waals surface area contributed by atoms with E-state index in [-0.39, 0.29) is 23.5 Å². The van der Waals surface area contributed by atoms with Gasteiger partial charge in [-0.25, -0.2) is 0 Å². The highest BCUT2D eigenvalue weighted by Gasteiger charge is 2.43. The molecule has 0 bridgehead atoms. The molecule has 1 aromatic carbocycles. The number of nitrogens with zero attached hydrogens (tertiary/aromatic N) is 3. The van der Waals surface area contributed by atoms with Gasteiger partial charge in [0.15, 0.2) is 0 Å². The normalized spacial score (nSPS) is 25.2. The van der Waals surface area contributed by atoms with Crippen molar-refractivity contribution in [1.29, 1.82) is 0 Å². The Labute approximate surface area is 172 Å². The molecule has 3 fully saturated rings. The van der Waals surface area contributed by atoms with Crippen molar-refractivity contribution in [2.24, 2.45) is 0 Å². The third-order valence-corrected chi connectivity index (χ3v) is 6.21. The summed E-state index contributed by atoms with van der Waals surface area (Å²) in [5.41, 5.74) is 0.422. The highest BCUT2D eigenvalue weighted by atomic mass is 16.5. The zero-order chi connectivity index (χ0) is 20.3. The minimum atomic E-state index is -0.305. The Hall–Kier alpha value is -1.96. The summed E-state index contributed by atoms with van der Waals surface area (Å²) < 4.78 is 11.7. The maximum absolute atomic E-state index is 13.0. The van der Waals surface area contributed by atoms with Crippen LogP contribution in [0.15, 0.2) is 30.3 Å². The van der Waals surface area contributed by atoms with Gasteiger partial charge in [0.1, 0.15) is 0 Å². The van der Waals surface area contributed by atoms with E-state index in [9.17, 15) is 9.59 Å². The molecule has 7 heteroatoms. The number of hydrogen-bond acceptors (Lipinski definition) is 5. The van der Waals surface area contributed by atoms with Crippen LogP contribution >= 0.6 is 0 Å². The maximum atomic E-state index is 13.0. The molecular weight excluding hydrogens is 370 g/mol. The summed E-state index contributed by atoms with van der Waals surface area (Å²) in [6, 6.07) is 9.46. The zero-order valence-corrected chi connectivity index (χ0v) is 17.2. The van der Waals surface area contributed by atoms with Crippen molar-refractivity contribution in [3.63, 3.8) is 0 Å². The maximum Gasteiger partial charge on any atom is 0.254 e. The van der Waals surface area contributed by atoms with E-state index in [1.165, 1.54) is 0 Å². The first-order valence-corrected chi connectivity index (χ1v) is 10.6. The van der Waals surface area contributed by atoms with E-state index in [0.717, 1.165) is 31.5 Å². The van der Waals surface area contributed by atoms with Crippen LogP contribution in [0.1, 0.15) is 30.1 Å². The quantitative estimate of drug-likeness (QED) is 0.763. The first-order chi connectivity index (χ1) is 14.0. The molecule has 1 aromatic rings. The molecule has 29 heavy (non-hydrogen) atoms. The summed E-state index contributed by atoms with van der Waals surface area (Å²) in [6.07, 6.45) is 1.69. The molecule has 1 spiro atoms. The lowest BCUT2D eigenvalue weighted by atomic mass is 9.88. The number of carbonyl (C=O) groups is 2. The van der Waals surface area contributed by atoms with Crippen molar-refractivity contribution in [3.8, 4) is 0 Å². The molecule has 158 valence electrons. The van der Waals surface area contributed by atoms with Crippen LogP contribution in [0.3, 0.4) is 0 Å². The lowest BCUT2D eigenvalue weighted by molar-refractivity contribution is -0.163. The fourth-order valence-corrected chi connectivity index (χ4v) is 4.64. The van der Waals surface area contributed by atoms with Gasteiger partial charge in [-0.15, -0.1) is 0 Å². The molecule has 3 aliphatic heterocycles. The first kappa shape index (κ1) is 20.3. The Kier molecular flexibility index (Phi) is 6.18. The smallest absolute Gasteiger partial charge is 0.254 e. The number of morpholine rings is 2. The average Bonchev–Trinajstić information content (AvgIpc) is 2.76. The summed E-state index contributed by atoms with van der Waals surface area (Å²) in [5.74, 6) is 0.258. The van der Waals surface area contributed by atoms with E-state index < -0.39 is 0 Å². The molecule has 0 aliphatic carbocycles. The van der Waals surface area contributed by atoms with Gasteiger partial charge >= 0.3 is 0 Å². The van der Waals surface area contributed by atoms with Crippen LogP contribution < -0.4 is 0 Å². The largest absolute Gasteiger partial charge is 0.378 e. The number of likely N-dealkylation sites (tertiary alicyclic amines) is 1. The number of hydrogen-bond donors (Lipinski definition) is 0. The Morgan fingerprint density at radius 1 is 1.03 bits per heavy atom. The molecule has 0 N–H and O–H groups in total. The lowest BCUT2D eigenvalue weighted by Crippen LogP contribution is -2.60. The molecule has 2 amide bonds. The molecule has 0 saturated carbocycles. The fourth-order valence-electron chi connectivity index (χ4n) is 4.64. The van der Waals surface area contributed by atoms with Crippen molar-refractivity contribution in [3.05, 3.63) is 35.9 Å². The molecule has 3 saturated heterocycles. The molecule has 3 aliphatic rings. The number of rotatable bonds is 3. The van der Waals surface area contributed by atoms with Crippen LogP contribution in [0, 0.1) is 0 Å². The highest BCUT2D eigenvalue weighted by molar-refractivity contribution is 5.94. The van der Waals surface area contributed by atoms with Crippen molar-refractivity contribution >= 4 is 11.8 Å². The first-order valence-electron chi connectivity index (χ1n) is 10.6. The van der Waals surface area contributed by atoms with Crippen LogP contribution in [0.25, 0.3) is 0 Å². The van der Waals surface area contributed by atoms with E-state index in [4.69, 9.17) is 9.47 Å². The summed E-state index contributed by atoms with van der Waals surface area (Å²) >= 11 is 0. The van der Waals surface area contributed by atoms with Gasteiger partial charge in [-0.2, -0.15) is 0 Å².